The van der Waals surface area contributed by atoms with Crippen molar-refractivity contribution in [3.63, 3.8) is 0 Å². The molecular formula is C16H11FKN3O2. The summed E-state index contributed by atoms with van der Waals surface area (Å²) in [5.74, 6) is -1.35. The van der Waals surface area contributed by atoms with E-state index in [-0.39, 0.29) is 68.4 Å². The third-order valence-corrected chi connectivity index (χ3v) is 3.25. The van der Waals surface area contributed by atoms with Crippen LogP contribution in [0.5, 0.6) is 5.75 Å². The Morgan fingerprint density at radius 1 is 1.13 bits per heavy atom. The van der Waals surface area contributed by atoms with Gasteiger partial charge < -0.3 is 10.8 Å². The summed E-state index contributed by atoms with van der Waals surface area (Å²) < 4.78 is 13.3. The predicted molar refractivity (Wildman–Crippen MR) is 77.4 cm³/mol. The van der Waals surface area contributed by atoms with Gasteiger partial charge in [0.1, 0.15) is 11.5 Å². The number of nitrogens with one attached hydrogen (secondary N) is 1. The van der Waals surface area contributed by atoms with Crippen molar-refractivity contribution >= 4 is 5.91 Å². The first-order chi connectivity index (χ1) is 10.5. The number of aromatic amines is 1. The van der Waals surface area contributed by atoms with Crippen LogP contribution >= 0.6 is 0 Å². The molecule has 3 rings (SSSR count). The molecular weight excluding hydrogens is 324 g/mol. The van der Waals surface area contributed by atoms with Crippen LogP contribution in [0.2, 0.25) is 0 Å². The summed E-state index contributed by atoms with van der Waals surface area (Å²) in [5, 5.41) is 18.4. The van der Waals surface area contributed by atoms with E-state index in [2.05, 4.69) is 10.2 Å². The second-order valence-corrected chi connectivity index (χ2v) is 4.75. The summed E-state index contributed by atoms with van der Waals surface area (Å²) >= 11 is 0. The zero-order chi connectivity index (χ0) is 15.7. The summed E-state index contributed by atoms with van der Waals surface area (Å²) in [6.45, 7) is 0. The van der Waals surface area contributed by atoms with Crippen LogP contribution in [0.15, 0.2) is 48.5 Å². The van der Waals surface area contributed by atoms with E-state index in [1.165, 1.54) is 18.2 Å². The third-order valence-electron chi connectivity index (χ3n) is 3.25. The van der Waals surface area contributed by atoms with Crippen molar-refractivity contribution in [2.75, 3.05) is 0 Å². The van der Waals surface area contributed by atoms with Crippen molar-refractivity contribution in [1.82, 2.24) is 10.2 Å². The topological polar surface area (TPSA) is 94.8 Å². The van der Waals surface area contributed by atoms with Gasteiger partial charge in [-0.1, -0.05) is 24.3 Å². The number of halogens is 1. The molecule has 2 aromatic carbocycles. The number of aromatic nitrogens is 2. The first-order valence-electron chi connectivity index (χ1n) is 6.47. The fourth-order valence-electron chi connectivity index (χ4n) is 2.17. The Kier molecular flexibility index (Phi) is 5.72. The van der Waals surface area contributed by atoms with E-state index < -0.39 is 11.7 Å². The maximum Gasteiger partial charge on any atom is 1.00 e. The molecule has 23 heavy (non-hydrogen) atoms. The smallest absolute Gasteiger partial charge is 0.872 e. The number of H-pyrrole nitrogens is 1. The van der Waals surface area contributed by atoms with Crippen molar-refractivity contribution in [2.45, 2.75) is 0 Å². The molecule has 0 atom stereocenters. The monoisotopic (exact) mass is 335 g/mol. The molecule has 5 nitrogen and oxygen atoms in total. The van der Waals surface area contributed by atoms with Gasteiger partial charge in [0.05, 0.1) is 5.69 Å². The van der Waals surface area contributed by atoms with Crippen LogP contribution in [-0.2, 0) is 0 Å². The molecule has 110 valence electrons. The number of amides is 1. The number of benzene rings is 2. The molecule has 1 aromatic heterocycles. The summed E-state index contributed by atoms with van der Waals surface area (Å²) in [6.07, 6.45) is 0. The van der Waals surface area contributed by atoms with Crippen LogP contribution < -0.4 is 62.2 Å². The molecule has 0 saturated heterocycles. The first kappa shape index (κ1) is 17.8. The van der Waals surface area contributed by atoms with E-state index in [1.807, 2.05) is 0 Å². The third kappa shape index (κ3) is 3.88. The molecule has 0 aliphatic heterocycles. The van der Waals surface area contributed by atoms with E-state index in [0.717, 1.165) is 6.07 Å². The van der Waals surface area contributed by atoms with Crippen LogP contribution in [0.4, 0.5) is 4.39 Å². The Morgan fingerprint density at radius 2 is 1.87 bits per heavy atom. The Morgan fingerprint density at radius 3 is 2.57 bits per heavy atom. The van der Waals surface area contributed by atoms with Gasteiger partial charge >= 0.3 is 51.4 Å². The Balaban J connectivity index is 0.00000192. The fraction of sp³-hybridized carbons (Fsp3) is 0. The van der Waals surface area contributed by atoms with Crippen LogP contribution in [-0.4, -0.2) is 16.1 Å². The molecule has 1 heterocycles. The molecule has 3 aromatic rings. The molecule has 0 saturated carbocycles. The van der Waals surface area contributed by atoms with Crippen LogP contribution in [0, 0.1) is 5.82 Å². The standard InChI is InChI=1S/C16H12FN3O2.K/c17-11-4-5-15(21)12(7-11)9-2-1-3-10(6-9)13-8-14(16(18)22)20-19-13;/h1-8,21H,(H2,18,22)(H,19,20);/q;+1/p-1. The van der Waals surface area contributed by atoms with Gasteiger partial charge in [0.15, 0.2) is 0 Å². The zero-order valence-corrected chi connectivity index (χ0v) is 15.5. The molecule has 3 N–H and O–H groups in total. The van der Waals surface area contributed by atoms with E-state index in [9.17, 15) is 14.3 Å². The Labute approximate surface area is 174 Å². The minimum atomic E-state index is -0.609. The molecule has 0 spiro atoms. The number of carbonyl (C=O) groups excluding carboxylic acids is 1. The maximum absolute atomic E-state index is 13.3. The Hall–Kier alpha value is -1.51. The summed E-state index contributed by atoms with van der Waals surface area (Å²) in [6, 6.07) is 12.0. The molecule has 0 aliphatic rings. The van der Waals surface area contributed by atoms with Gasteiger partial charge in [0, 0.05) is 5.56 Å². The molecule has 0 radical (unpaired) electrons. The zero-order valence-electron chi connectivity index (χ0n) is 12.3. The average Bonchev–Trinajstić information content (AvgIpc) is 3.00. The van der Waals surface area contributed by atoms with E-state index in [1.54, 1.807) is 24.3 Å². The molecule has 7 heteroatoms. The number of nitrogens with two attached hydrogens (primary N) is 1. The predicted octanol–water partition coefficient (Wildman–Crippen LogP) is -0.941. The van der Waals surface area contributed by atoms with Gasteiger partial charge in [-0.05, 0) is 35.4 Å². The molecule has 0 unspecified atom stereocenters. The second kappa shape index (κ2) is 7.37. The summed E-state index contributed by atoms with van der Waals surface area (Å²) in [4.78, 5) is 11.1. The Bertz CT molecular complexity index is 864. The maximum atomic E-state index is 13.3. The number of hydrogen-bond acceptors (Lipinski definition) is 3. The first-order valence-corrected chi connectivity index (χ1v) is 6.47. The number of hydrogen-bond donors (Lipinski definition) is 2. The molecule has 0 fully saturated rings. The van der Waals surface area contributed by atoms with Crippen molar-refractivity contribution < 1.29 is 65.7 Å². The van der Waals surface area contributed by atoms with Gasteiger partial charge in [0.25, 0.3) is 5.91 Å². The van der Waals surface area contributed by atoms with E-state index >= 15 is 0 Å². The molecule has 0 bridgehead atoms. The number of carbonyl (C=O) groups is 1. The van der Waals surface area contributed by atoms with Gasteiger partial charge in [-0.15, -0.1) is 5.75 Å². The van der Waals surface area contributed by atoms with Gasteiger partial charge in [-0.2, -0.15) is 5.10 Å². The number of nitrogens with zero attached hydrogens (tertiary/aromatic N) is 1. The van der Waals surface area contributed by atoms with Gasteiger partial charge in [-0.25, -0.2) is 4.39 Å². The summed E-state index contributed by atoms with van der Waals surface area (Å²) in [7, 11) is 0. The molecule has 0 aliphatic carbocycles. The second-order valence-electron chi connectivity index (χ2n) is 4.75. The van der Waals surface area contributed by atoms with Gasteiger partial charge in [-0.3, -0.25) is 9.89 Å². The number of rotatable bonds is 3. The van der Waals surface area contributed by atoms with Crippen LogP contribution in [0.25, 0.3) is 22.4 Å². The SMILES string of the molecule is NC(=O)c1cc(-c2cccc(-c3cc(F)ccc3[O-])c2)n[nH]1.[K+]. The van der Waals surface area contributed by atoms with Crippen molar-refractivity contribution in [1.29, 1.82) is 0 Å². The fourth-order valence-corrected chi connectivity index (χ4v) is 2.17. The quantitative estimate of drug-likeness (QED) is 0.605. The van der Waals surface area contributed by atoms with E-state index in [4.69, 9.17) is 5.73 Å². The van der Waals surface area contributed by atoms with Crippen LogP contribution in [0.1, 0.15) is 10.5 Å². The van der Waals surface area contributed by atoms with Crippen molar-refractivity contribution in [3.05, 3.63) is 60.0 Å². The largest absolute Gasteiger partial charge is 1.00 e. The molecule has 1 amide bonds. The van der Waals surface area contributed by atoms with Gasteiger partial charge in [0.2, 0.25) is 0 Å². The van der Waals surface area contributed by atoms with Crippen LogP contribution in [0.3, 0.4) is 0 Å². The van der Waals surface area contributed by atoms with E-state index in [0.29, 0.717) is 16.8 Å². The minimum absolute atomic E-state index is 0. The minimum Gasteiger partial charge on any atom is -0.872 e. The van der Waals surface area contributed by atoms with Crippen molar-refractivity contribution in [2.24, 2.45) is 5.73 Å². The average molecular weight is 335 g/mol. The van der Waals surface area contributed by atoms with Crippen molar-refractivity contribution in [3.8, 4) is 28.1 Å². The number of primary amides is 1. The summed E-state index contributed by atoms with van der Waals surface area (Å²) in [5.41, 5.74) is 7.40. The normalized spacial score (nSPS) is 10.1.